The largest absolute Gasteiger partial charge is 0.489 e. The van der Waals surface area contributed by atoms with E-state index in [-0.39, 0.29) is 6.61 Å². The number of nitrogens with zero attached hydrogens (tertiary/aromatic N) is 3. The molecular formula is C22H21ClFN5O2S. The molecule has 2 aromatic carbocycles. The molecule has 4 rings (SSSR count). The highest BCUT2D eigenvalue weighted by molar-refractivity contribution is 7.99. The van der Waals surface area contributed by atoms with Gasteiger partial charge in [0.2, 0.25) is 17.0 Å². The zero-order chi connectivity index (χ0) is 22.8. The lowest BCUT2D eigenvalue weighted by Crippen LogP contribution is -2.31. The SMILES string of the molecule is CCSc1nc2n(n1)C(c1ccc(OCc3c(F)cccc3Cl)cc1)C(C(N)=O)=C(C)N2. The number of ether oxygens (including phenoxy) is 1. The first-order chi connectivity index (χ1) is 15.4. The minimum Gasteiger partial charge on any atom is -0.489 e. The van der Waals surface area contributed by atoms with Gasteiger partial charge in [0.15, 0.2) is 0 Å². The summed E-state index contributed by atoms with van der Waals surface area (Å²) < 4.78 is 21.4. The number of nitrogens with two attached hydrogens (primary N) is 1. The number of primary amides is 1. The molecule has 1 aromatic heterocycles. The van der Waals surface area contributed by atoms with E-state index in [0.29, 0.717) is 38.7 Å². The van der Waals surface area contributed by atoms with Crippen molar-refractivity contribution < 1.29 is 13.9 Å². The summed E-state index contributed by atoms with van der Waals surface area (Å²) in [6.45, 7) is 3.79. The lowest BCUT2D eigenvalue weighted by atomic mass is 9.95. The number of thioether (sulfide) groups is 1. The van der Waals surface area contributed by atoms with E-state index in [4.69, 9.17) is 22.1 Å². The van der Waals surface area contributed by atoms with Crippen LogP contribution in [0.2, 0.25) is 5.02 Å². The standard InChI is InChI=1S/C22H21ClFN5O2S/c1-3-32-22-27-21-26-12(2)18(20(25)30)19(29(21)28-22)13-7-9-14(10-8-13)31-11-15-16(23)5-4-6-17(15)24/h4-10,19H,3,11H2,1-2H3,(H2,25,30)(H,26,27,28). The summed E-state index contributed by atoms with van der Waals surface area (Å²) in [4.78, 5) is 16.8. The van der Waals surface area contributed by atoms with Gasteiger partial charge in [-0.25, -0.2) is 9.07 Å². The van der Waals surface area contributed by atoms with Gasteiger partial charge in [0, 0.05) is 11.3 Å². The van der Waals surface area contributed by atoms with Crippen LogP contribution in [0.15, 0.2) is 58.9 Å². The van der Waals surface area contributed by atoms with Crippen LogP contribution >= 0.6 is 23.4 Å². The van der Waals surface area contributed by atoms with E-state index >= 15 is 0 Å². The van der Waals surface area contributed by atoms with Crippen LogP contribution in [0.3, 0.4) is 0 Å². The molecule has 7 nitrogen and oxygen atoms in total. The molecule has 166 valence electrons. The molecular weight excluding hydrogens is 453 g/mol. The van der Waals surface area contributed by atoms with Crippen molar-refractivity contribution in [3.05, 3.63) is 75.7 Å². The van der Waals surface area contributed by atoms with Gasteiger partial charge in [0.05, 0.1) is 10.6 Å². The van der Waals surface area contributed by atoms with Crippen LogP contribution in [0.1, 0.15) is 31.0 Å². The maximum Gasteiger partial charge on any atom is 0.248 e. The van der Waals surface area contributed by atoms with E-state index in [2.05, 4.69) is 15.4 Å². The van der Waals surface area contributed by atoms with Crippen molar-refractivity contribution in [1.29, 1.82) is 0 Å². The van der Waals surface area contributed by atoms with Crippen LogP contribution in [0.4, 0.5) is 10.3 Å². The van der Waals surface area contributed by atoms with Crippen molar-refractivity contribution in [2.24, 2.45) is 5.73 Å². The van der Waals surface area contributed by atoms with Gasteiger partial charge in [-0.2, -0.15) is 4.98 Å². The van der Waals surface area contributed by atoms with Crippen molar-refractivity contribution in [2.45, 2.75) is 31.7 Å². The van der Waals surface area contributed by atoms with Gasteiger partial charge < -0.3 is 15.8 Å². The molecule has 1 amide bonds. The highest BCUT2D eigenvalue weighted by atomic mass is 35.5. The second kappa shape index (κ2) is 9.22. The molecule has 32 heavy (non-hydrogen) atoms. The topological polar surface area (TPSA) is 95.1 Å². The van der Waals surface area contributed by atoms with E-state index in [1.165, 1.54) is 17.8 Å². The molecule has 1 atom stereocenters. The van der Waals surface area contributed by atoms with Gasteiger partial charge in [-0.05, 0) is 42.5 Å². The molecule has 0 fully saturated rings. The fraction of sp³-hybridized carbons (Fsp3) is 0.227. The van der Waals surface area contributed by atoms with Crippen LogP contribution < -0.4 is 15.8 Å². The average Bonchev–Trinajstić information content (AvgIpc) is 3.15. The first-order valence-electron chi connectivity index (χ1n) is 9.91. The fourth-order valence-electron chi connectivity index (χ4n) is 3.52. The molecule has 0 radical (unpaired) electrons. The maximum absolute atomic E-state index is 14.0. The Morgan fingerprint density at radius 1 is 1.31 bits per heavy atom. The molecule has 1 unspecified atom stereocenters. The van der Waals surface area contributed by atoms with Crippen molar-refractivity contribution in [3.63, 3.8) is 0 Å². The smallest absolute Gasteiger partial charge is 0.248 e. The Bertz CT molecular complexity index is 1180. The Hall–Kier alpha value is -3.04. The number of carbonyl (C=O) groups is 1. The second-order valence-corrected chi connectivity index (χ2v) is 8.72. The lowest BCUT2D eigenvalue weighted by Gasteiger charge is -2.27. The summed E-state index contributed by atoms with van der Waals surface area (Å²) in [5.41, 5.74) is 7.81. The summed E-state index contributed by atoms with van der Waals surface area (Å²) in [6.07, 6.45) is 0. The minimum atomic E-state index is -0.541. The second-order valence-electron chi connectivity index (χ2n) is 7.08. The third-order valence-electron chi connectivity index (χ3n) is 5.01. The number of carbonyl (C=O) groups excluding carboxylic acids is 1. The zero-order valence-electron chi connectivity index (χ0n) is 17.4. The molecule has 3 aromatic rings. The number of benzene rings is 2. The van der Waals surface area contributed by atoms with E-state index in [1.807, 2.05) is 19.1 Å². The molecule has 0 saturated carbocycles. The van der Waals surface area contributed by atoms with Crippen molar-refractivity contribution in [1.82, 2.24) is 14.8 Å². The fourth-order valence-corrected chi connectivity index (χ4v) is 4.29. The van der Waals surface area contributed by atoms with Crippen LogP contribution in [0.5, 0.6) is 5.75 Å². The monoisotopic (exact) mass is 473 g/mol. The highest BCUT2D eigenvalue weighted by Gasteiger charge is 2.33. The van der Waals surface area contributed by atoms with E-state index < -0.39 is 17.8 Å². The van der Waals surface area contributed by atoms with E-state index in [0.717, 1.165) is 11.3 Å². The maximum atomic E-state index is 14.0. The molecule has 1 aliphatic heterocycles. The Morgan fingerprint density at radius 2 is 2.06 bits per heavy atom. The first kappa shape index (κ1) is 22.2. The van der Waals surface area contributed by atoms with Crippen LogP contribution in [-0.2, 0) is 11.4 Å². The lowest BCUT2D eigenvalue weighted by molar-refractivity contribution is -0.115. The number of fused-ring (bicyclic) bond motifs is 1. The molecule has 0 saturated heterocycles. The van der Waals surface area contributed by atoms with Gasteiger partial charge in [-0.3, -0.25) is 4.79 Å². The quantitative estimate of drug-likeness (QED) is 0.489. The zero-order valence-corrected chi connectivity index (χ0v) is 19.0. The Balaban J connectivity index is 1.62. The molecule has 2 heterocycles. The van der Waals surface area contributed by atoms with Crippen molar-refractivity contribution >= 4 is 35.2 Å². The van der Waals surface area contributed by atoms with Gasteiger partial charge in [0.25, 0.3) is 0 Å². The number of amides is 1. The predicted octanol–water partition coefficient (Wildman–Crippen LogP) is 4.54. The Morgan fingerprint density at radius 3 is 2.72 bits per heavy atom. The van der Waals surface area contributed by atoms with E-state index in [1.54, 1.807) is 35.9 Å². The molecule has 0 spiro atoms. The molecule has 1 aliphatic rings. The van der Waals surface area contributed by atoms with Crippen LogP contribution in [-0.4, -0.2) is 26.4 Å². The molecule has 3 N–H and O–H groups in total. The summed E-state index contributed by atoms with van der Waals surface area (Å²) in [5.74, 6) is 0.934. The third-order valence-corrected chi connectivity index (χ3v) is 6.09. The normalized spacial score (nSPS) is 15.3. The van der Waals surface area contributed by atoms with Gasteiger partial charge in [-0.1, -0.05) is 48.5 Å². The number of hydrogen-bond acceptors (Lipinski definition) is 6. The third kappa shape index (κ3) is 4.31. The number of allylic oxidation sites excluding steroid dienone is 1. The Kier molecular flexibility index (Phi) is 6.38. The first-order valence-corrected chi connectivity index (χ1v) is 11.3. The molecule has 10 heteroatoms. The van der Waals surface area contributed by atoms with Gasteiger partial charge >= 0.3 is 0 Å². The molecule has 0 aliphatic carbocycles. The number of anilines is 1. The van der Waals surface area contributed by atoms with Crippen LogP contribution in [0, 0.1) is 5.82 Å². The summed E-state index contributed by atoms with van der Waals surface area (Å²) in [6, 6.07) is 11.1. The van der Waals surface area contributed by atoms with Crippen LogP contribution in [0.25, 0.3) is 0 Å². The van der Waals surface area contributed by atoms with Crippen molar-refractivity contribution in [3.8, 4) is 5.75 Å². The molecule has 0 bridgehead atoms. The minimum absolute atomic E-state index is 0.00538. The summed E-state index contributed by atoms with van der Waals surface area (Å²) in [7, 11) is 0. The number of hydrogen-bond donors (Lipinski definition) is 2. The average molecular weight is 474 g/mol. The number of aromatic nitrogens is 3. The number of nitrogens with one attached hydrogen (secondary N) is 1. The van der Waals surface area contributed by atoms with Crippen molar-refractivity contribution in [2.75, 3.05) is 11.1 Å². The van der Waals surface area contributed by atoms with E-state index in [9.17, 15) is 9.18 Å². The summed E-state index contributed by atoms with van der Waals surface area (Å²) >= 11 is 7.57. The number of rotatable bonds is 7. The van der Waals surface area contributed by atoms with Gasteiger partial charge in [-0.15, -0.1) is 5.10 Å². The van der Waals surface area contributed by atoms with Gasteiger partial charge in [0.1, 0.15) is 24.2 Å². The summed E-state index contributed by atoms with van der Waals surface area (Å²) in [5, 5.41) is 8.59. The predicted molar refractivity (Wildman–Crippen MR) is 122 cm³/mol. The highest BCUT2D eigenvalue weighted by Crippen LogP contribution is 2.36. The number of halogens is 2. The Labute approximate surface area is 193 Å².